The van der Waals surface area contributed by atoms with Crippen LogP contribution in [0.3, 0.4) is 0 Å². The van der Waals surface area contributed by atoms with Gasteiger partial charge in [0.2, 0.25) is 0 Å². The van der Waals surface area contributed by atoms with Gasteiger partial charge in [0.05, 0.1) is 48.0 Å². The van der Waals surface area contributed by atoms with Crippen LogP contribution < -0.4 is 10.6 Å². The van der Waals surface area contributed by atoms with Crippen molar-refractivity contribution in [1.82, 2.24) is 0 Å². The lowest BCUT2D eigenvalue weighted by Crippen LogP contribution is -2.40. The number of carbonyl (C=O) groups excluding carboxylic acids is 2. The maximum atomic E-state index is 13.0. The van der Waals surface area contributed by atoms with E-state index < -0.39 is 27.7 Å². The molecule has 1 atom stereocenters. The fourth-order valence-electron chi connectivity index (χ4n) is 3.97. The Morgan fingerprint density at radius 3 is 2.14 bits per heavy atom. The van der Waals surface area contributed by atoms with E-state index in [-0.39, 0.29) is 39.0 Å². The lowest BCUT2D eigenvalue weighted by molar-refractivity contribution is -0.139. The number of ether oxygens (including phenoxy) is 2. The lowest BCUT2D eigenvalue weighted by Gasteiger charge is -2.35. The molecule has 0 aromatic heterocycles. The van der Waals surface area contributed by atoms with Gasteiger partial charge in [-0.05, 0) is 36.2 Å². The topological polar surface area (TPSA) is 140 Å². The minimum Gasteiger partial charge on any atom is -0.466 e. The third-order valence-corrected chi connectivity index (χ3v) is 7.47. The van der Waals surface area contributed by atoms with Crippen LogP contribution in [0, 0.1) is 11.3 Å². The zero-order valence-electron chi connectivity index (χ0n) is 19.5. The summed E-state index contributed by atoms with van der Waals surface area (Å²) >= 11 is 0. The second-order valence-corrected chi connectivity index (χ2v) is 9.76. The Kier molecular flexibility index (Phi) is 7.62. The summed E-state index contributed by atoms with van der Waals surface area (Å²) in [4.78, 5) is 27.4. The molecule has 1 aliphatic heterocycles. The number of nitriles is 1. The molecule has 1 unspecified atom stereocenters. The van der Waals surface area contributed by atoms with E-state index in [4.69, 9.17) is 15.2 Å². The predicted octanol–water partition coefficient (Wildman–Crippen LogP) is 2.77. The highest BCUT2D eigenvalue weighted by Gasteiger charge is 2.43. The van der Waals surface area contributed by atoms with Crippen LogP contribution in [0.25, 0.3) is 0 Å². The first-order valence-corrected chi connectivity index (χ1v) is 12.3. The molecule has 0 saturated heterocycles. The molecule has 0 radical (unpaired) electrons. The molecule has 10 heteroatoms. The summed E-state index contributed by atoms with van der Waals surface area (Å²) in [5.41, 5.74) is 6.90. The van der Waals surface area contributed by atoms with Crippen LogP contribution in [-0.2, 0) is 28.9 Å². The van der Waals surface area contributed by atoms with E-state index in [1.54, 1.807) is 37.3 Å². The molecule has 1 heterocycles. The van der Waals surface area contributed by atoms with Crippen LogP contribution in [-0.4, -0.2) is 40.3 Å². The van der Waals surface area contributed by atoms with E-state index in [2.05, 4.69) is 6.07 Å². The van der Waals surface area contributed by atoms with Gasteiger partial charge in [0, 0.05) is 5.69 Å². The van der Waals surface area contributed by atoms with E-state index >= 15 is 0 Å². The molecule has 0 aliphatic carbocycles. The summed E-state index contributed by atoms with van der Waals surface area (Å²) < 4.78 is 34.9. The van der Waals surface area contributed by atoms with Crippen molar-refractivity contribution in [3.8, 4) is 6.07 Å². The number of benzene rings is 2. The Bertz CT molecular complexity index is 1340. The number of methoxy groups -OCH3 is 2. The highest BCUT2D eigenvalue weighted by atomic mass is 32.2. The summed E-state index contributed by atoms with van der Waals surface area (Å²) in [6.07, 6.45) is 0.454. The van der Waals surface area contributed by atoms with Gasteiger partial charge < -0.3 is 15.2 Å². The summed E-state index contributed by atoms with van der Waals surface area (Å²) in [5, 5.41) is 10.0. The molecule has 0 saturated carbocycles. The summed E-state index contributed by atoms with van der Waals surface area (Å²) in [6, 6.07) is 16.4. The van der Waals surface area contributed by atoms with Gasteiger partial charge in [-0.3, -0.25) is 4.90 Å². The number of hydrogen-bond donors (Lipinski definition) is 1. The number of nitrogens with two attached hydrogens (primary N) is 1. The van der Waals surface area contributed by atoms with Gasteiger partial charge in [-0.15, -0.1) is 0 Å². The molecule has 0 bridgehead atoms. The Morgan fingerprint density at radius 2 is 1.63 bits per heavy atom. The first kappa shape index (κ1) is 25.5. The van der Waals surface area contributed by atoms with Crippen LogP contribution in [0.4, 0.5) is 5.69 Å². The van der Waals surface area contributed by atoms with Crippen molar-refractivity contribution < 1.29 is 27.5 Å². The number of anilines is 1. The largest absolute Gasteiger partial charge is 0.466 e. The zero-order chi connectivity index (χ0) is 25.8. The fourth-order valence-corrected chi connectivity index (χ4v) is 5.29. The van der Waals surface area contributed by atoms with Gasteiger partial charge in [-0.1, -0.05) is 37.3 Å². The van der Waals surface area contributed by atoms with E-state index in [0.717, 1.165) is 14.2 Å². The van der Waals surface area contributed by atoms with E-state index in [0.29, 0.717) is 12.0 Å². The van der Waals surface area contributed by atoms with Crippen LogP contribution in [0.2, 0.25) is 0 Å². The fraction of sp³-hybridized carbons (Fsp3) is 0.240. The molecule has 0 spiro atoms. The highest BCUT2D eigenvalue weighted by Crippen LogP contribution is 2.43. The van der Waals surface area contributed by atoms with Gasteiger partial charge in [0.1, 0.15) is 11.5 Å². The number of allylic oxidation sites excluding steroid dienone is 1. The standard InChI is InChI=1S/C25H25N3O6S/c1-4-14-35(31,32)18-12-10-17(11-13-18)28-22(25(30)34-3)21(24(29)33-2)20(19(15-26)23(28)27)16-8-6-5-7-9-16/h5-13,20H,4,14,27H2,1-3H3. The van der Waals surface area contributed by atoms with Crippen molar-refractivity contribution in [2.24, 2.45) is 5.73 Å². The van der Waals surface area contributed by atoms with Crippen molar-refractivity contribution in [3.63, 3.8) is 0 Å². The molecule has 2 aromatic carbocycles. The molecule has 0 fully saturated rings. The van der Waals surface area contributed by atoms with E-state index in [1.807, 2.05) is 0 Å². The van der Waals surface area contributed by atoms with E-state index in [9.17, 15) is 23.3 Å². The SMILES string of the molecule is CCCS(=O)(=O)c1ccc(N2C(N)=C(C#N)C(c3ccccc3)C(C(=O)OC)=C2C(=O)OC)cc1. The van der Waals surface area contributed by atoms with Crippen LogP contribution in [0.1, 0.15) is 24.8 Å². The third-order valence-electron chi connectivity index (χ3n) is 5.54. The van der Waals surface area contributed by atoms with Gasteiger partial charge in [0.15, 0.2) is 9.84 Å². The second-order valence-electron chi connectivity index (χ2n) is 7.65. The molecule has 0 amide bonds. The number of carbonyl (C=O) groups is 2. The summed E-state index contributed by atoms with van der Waals surface area (Å²) in [6.45, 7) is 1.76. The third kappa shape index (κ3) is 4.76. The van der Waals surface area contributed by atoms with Gasteiger partial charge >= 0.3 is 11.9 Å². The van der Waals surface area contributed by atoms with E-state index in [1.165, 1.54) is 29.2 Å². The average Bonchev–Trinajstić information content (AvgIpc) is 2.87. The molecule has 9 nitrogen and oxygen atoms in total. The molecule has 35 heavy (non-hydrogen) atoms. The molecule has 182 valence electrons. The Labute approximate surface area is 204 Å². The van der Waals surface area contributed by atoms with Crippen LogP contribution >= 0.6 is 0 Å². The lowest BCUT2D eigenvalue weighted by atomic mass is 9.81. The molecule has 3 rings (SSSR count). The van der Waals surface area contributed by atoms with Crippen molar-refractivity contribution in [2.45, 2.75) is 24.2 Å². The number of nitrogens with zero attached hydrogens (tertiary/aromatic N) is 2. The average molecular weight is 496 g/mol. The maximum Gasteiger partial charge on any atom is 0.355 e. The van der Waals surface area contributed by atoms with Crippen molar-refractivity contribution in [1.29, 1.82) is 5.26 Å². The molecular weight excluding hydrogens is 470 g/mol. The van der Waals surface area contributed by atoms with Gasteiger partial charge in [-0.2, -0.15) is 5.26 Å². The summed E-state index contributed by atoms with van der Waals surface area (Å²) in [5.74, 6) is -2.82. The van der Waals surface area contributed by atoms with Crippen molar-refractivity contribution in [2.75, 3.05) is 24.9 Å². The number of rotatable bonds is 7. The first-order valence-electron chi connectivity index (χ1n) is 10.7. The number of esters is 2. The summed E-state index contributed by atoms with van der Waals surface area (Å²) in [7, 11) is -1.17. The maximum absolute atomic E-state index is 13.0. The van der Waals surface area contributed by atoms with Gasteiger partial charge in [0.25, 0.3) is 0 Å². The quantitative estimate of drug-likeness (QED) is 0.574. The Morgan fingerprint density at radius 1 is 1.03 bits per heavy atom. The van der Waals surface area contributed by atoms with Crippen molar-refractivity contribution >= 4 is 27.5 Å². The molecule has 2 aromatic rings. The minimum absolute atomic E-state index is 0.0186. The molecule has 1 aliphatic rings. The number of hydrogen-bond acceptors (Lipinski definition) is 9. The smallest absolute Gasteiger partial charge is 0.355 e. The highest BCUT2D eigenvalue weighted by molar-refractivity contribution is 7.91. The zero-order valence-corrected chi connectivity index (χ0v) is 20.3. The molecular formula is C25H25N3O6S. The second kappa shape index (κ2) is 10.4. The first-order chi connectivity index (χ1) is 16.7. The van der Waals surface area contributed by atoms with Crippen LogP contribution in [0.5, 0.6) is 0 Å². The molecule has 2 N–H and O–H groups in total. The number of sulfone groups is 1. The van der Waals surface area contributed by atoms with Gasteiger partial charge in [-0.25, -0.2) is 18.0 Å². The normalized spacial score (nSPS) is 16.1. The van der Waals surface area contributed by atoms with Crippen LogP contribution in [0.15, 0.2) is 82.2 Å². The van der Waals surface area contributed by atoms with Crippen molar-refractivity contribution in [3.05, 3.63) is 82.8 Å². The Balaban J connectivity index is 2.31. The minimum atomic E-state index is -3.49. The Hall–Kier alpha value is -4.10. The monoisotopic (exact) mass is 495 g/mol. The predicted molar refractivity (Wildman–Crippen MR) is 128 cm³/mol.